The van der Waals surface area contributed by atoms with Gasteiger partial charge in [0.1, 0.15) is 0 Å². The third-order valence-electron chi connectivity index (χ3n) is 3.70. The number of rotatable bonds is 3. The van der Waals surface area contributed by atoms with Crippen molar-refractivity contribution in [3.05, 3.63) is 0 Å². The third kappa shape index (κ3) is 3.35. The number of nitriles is 1. The molecule has 0 spiro atoms. The summed E-state index contributed by atoms with van der Waals surface area (Å²) in [4.78, 5) is 1.55. The van der Waals surface area contributed by atoms with Crippen molar-refractivity contribution in [1.82, 2.24) is 4.90 Å². The zero-order valence-corrected chi connectivity index (χ0v) is 9.71. The number of nitrogens with zero attached hydrogens (tertiary/aromatic N) is 2. The summed E-state index contributed by atoms with van der Waals surface area (Å²) in [6.07, 6.45) is 0.964. The van der Waals surface area contributed by atoms with E-state index < -0.39 is 12.7 Å². The summed E-state index contributed by atoms with van der Waals surface area (Å²) in [6, 6.07) is 2.08. The van der Waals surface area contributed by atoms with E-state index in [1.54, 1.807) is 4.90 Å². The number of hydrogen-bond donors (Lipinski definition) is 0. The molecule has 2 unspecified atom stereocenters. The highest BCUT2D eigenvalue weighted by Crippen LogP contribution is 2.37. The molecule has 0 aromatic heterocycles. The van der Waals surface area contributed by atoms with Gasteiger partial charge in [-0.25, -0.2) is 0 Å². The van der Waals surface area contributed by atoms with Gasteiger partial charge in [-0.1, -0.05) is 12.8 Å². The highest BCUT2D eigenvalue weighted by atomic mass is 19.4. The van der Waals surface area contributed by atoms with E-state index in [4.69, 9.17) is 5.26 Å². The molecule has 0 saturated heterocycles. The minimum atomic E-state index is -4.15. The highest BCUT2D eigenvalue weighted by Gasteiger charge is 2.44. The molecule has 0 aromatic rings. The average Bonchev–Trinajstić information content (AvgIpc) is 3.08. The van der Waals surface area contributed by atoms with Gasteiger partial charge in [-0.2, -0.15) is 18.4 Å². The van der Waals surface area contributed by atoms with Crippen LogP contribution in [-0.4, -0.2) is 29.7 Å². The molecule has 2 aliphatic carbocycles. The van der Waals surface area contributed by atoms with E-state index in [9.17, 15) is 13.2 Å². The molecular formula is C12H17F3N2. The summed E-state index contributed by atoms with van der Waals surface area (Å²) in [5.74, 6) is -0.216. The molecule has 2 atom stereocenters. The Morgan fingerprint density at radius 3 is 2.29 bits per heavy atom. The van der Waals surface area contributed by atoms with Crippen molar-refractivity contribution in [2.24, 2.45) is 5.92 Å². The molecule has 0 aliphatic heterocycles. The van der Waals surface area contributed by atoms with Crippen molar-refractivity contribution in [3.8, 4) is 6.07 Å². The molecule has 2 fully saturated rings. The van der Waals surface area contributed by atoms with Crippen LogP contribution >= 0.6 is 0 Å². The van der Waals surface area contributed by atoms with Gasteiger partial charge in [0.2, 0.25) is 0 Å². The quantitative estimate of drug-likeness (QED) is 0.765. The summed E-state index contributed by atoms with van der Waals surface area (Å²) in [6.45, 7) is -0.847. The minimum Gasteiger partial charge on any atom is -0.288 e. The van der Waals surface area contributed by atoms with Crippen molar-refractivity contribution in [1.29, 1.82) is 5.26 Å². The van der Waals surface area contributed by atoms with E-state index >= 15 is 0 Å². The van der Waals surface area contributed by atoms with Gasteiger partial charge in [-0.15, -0.1) is 0 Å². The lowest BCUT2D eigenvalue weighted by Gasteiger charge is -2.37. The predicted octanol–water partition coefficient (Wildman–Crippen LogP) is 3.10. The zero-order valence-electron chi connectivity index (χ0n) is 9.71. The first-order valence-corrected chi connectivity index (χ1v) is 6.23. The van der Waals surface area contributed by atoms with Gasteiger partial charge in [0.05, 0.1) is 18.5 Å². The molecule has 0 heterocycles. The summed E-state index contributed by atoms with van der Waals surface area (Å²) in [5.41, 5.74) is 0. The molecule has 0 bridgehead atoms. The summed E-state index contributed by atoms with van der Waals surface area (Å²) in [5, 5.41) is 9.05. The number of hydrogen-bond acceptors (Lipinski definition) is 2. The minimum absolute atomic E-state index is 0.0653. The fourth-order valence-electron chi connectivity index (χ4n) is 2.79. The molecule has 2 nitrogen and oxygen atoms in total. The summed E-state index contributed by atoms with van der Waals surface area (Å²) in [7, 11) is 0. The van der Waals surface area contributed by atoms with Crippen LogP contribution in [0.5, 0.6) is 0 Å². The van der Waals surface area contributed by atoms with Crippen LogP contribution in [0.2, 0.25) is 0 Å². The molecule has 0 N–H and O–H groups in total. The Kier molecular flexibility index (Phi) is 3.62. The second kappa shape index (κ2) is 4.85. The van der Waals surface area contributed by atoms with Crippen LogP contribution in [0.25, 0.3) is 0 Å². The van der Waals surface area contributed by atoms with Gasteiger partial charge in [0.25, 0.3) is 0 Å². The van der Waals surface area contributed by atoms with Crippen LogP contribution < -0.4 is 0 Å². The monoisotopic (exact) mass is 246 g/mol. The van der Waals surface area contributed by atoms with Crippen LogP contribution in [0.1, 0.15) is 38.5 Å². The molecule has 96 valence electrons. The van der Waals surface area contributed by atoms with E-state index in [-0.39, 0.29) is 18.0 Å². The van der Waals surface area contributed by atoms with Crippen LogP contribution in [0.3, 0.4) is 0 Å². The lowest BCUT2D eigenvalue weighted by molar-refractivity contribution is -0.155. The van der Waals surface area contributed by atoms with Crippen molar-refractivity contribution in [2.75, 3.05) is 6.54 Å². The first-order chi connectivity index (χ1) is 8.01. The molecule has 0 amide bonds. The zero-order chi connectivity index (χ0) is 12.5. The van der Waals surface area contributed by atoms with E-state index in [1.165, 1.54) is 0 Å². The Morgan fingerprint density at radius 2 is 1.76 bits per heavy atom. The molecule has 2 aliphatic rings. The Bertz CT molecular complexity index is 304. The van der Waals surface area contributed by atoms with Crippen molar-refractivity contribution in [2.45, 2.75) is 56.8 Å². The van der Waals surface area contributed by atoms with Crippen molar-refractivity contribution < 1.29 is 13.2 Å². The SMILES string of the molecule is N#CC1CCCCC1N(CC(F)(F)F)C1CC1. The molecule has 17 heavy (non-hydrogen) atoms. The van der Waals surface area contributed by atoms with E-state index in [1.807, 2.05) is 0 Å². The van der Waals surface area contributed by atoms with E-state index in [0.717, 1.165) is 38.5 Å². The fraction of sp³-hybridized carbons (Fsp3) is 0.917. The van der Waals surface area contributed by atoms with Gasteiger partial charge < -0.3 is 0 Å². The smallest absolute Gasteiger partial charge is 0.288 e. The number of halogens is 3. The highest BCUT2D eigenvalue weighted by molar-refractivity contribution is 5.00. The van der Waals surface area contributed by atoms with Crippen LogP contribution in [-0.2, 0) is 0 Å². The topological polar surface area (TPSA) is 27.0 Å². The van der Waals surface area contributed by atoms with Crippen LogP contribution in [0.15, 0.2) is 0 Å². The van der Waals surface area contributed by atoms with Crippen molar-refractivity contribution >= 4 is 0 Å². The molecule has 2 saturated carbocycles. The maximum atomic E-state index is 12.6. The predicted molar refractivity (Wildman–Crippen MR) is 57.1 cm³/mol. The normalized spacial score (nSPS) is 30.3. The summed E-state index contributed by atoms with van der Waals surface area (Å²) >= 11 is 0. The largest absolute Gasteiger partial charge is 0.401 e. The first-order valence-electron chi connectivity index (χ1n) is 6.23. The van der Waals surface area contributed by atoms with Crippen LogP contribution in [0, 0.1) is 17.2 Å². The molecule has 5 heteroatoms. The maximum Gasteiger partial charge on any atom is 0.401 e. The Hall–Kier alpha value is -0.760. The fourth-order valence-corrected chi connectivity index (χ4v) is 2.79. The van der Waals surface area contributed by atoms with Crippen molar-refractivity contribution in [3.63, 3.8) is 0 Å². The lowest BCUT2D eigenvalue weighted by Crippen LogP contribution is -2.47. The second-order valence-electron chi connectivity index (χ2n) is 5.11. The van der Waals surface area contributed by atoms with Gasteiger partial charge in [0, 0.05) is 12.1 Å². The number of alkyl halides is 3. The molecule has 0 aromatic carbocycles. The Balaban J connectivity index is 2.06. The molecular weight excluding hydrogens is 229 g/mol. The van der Waals surface area contributed by atoms with Gasteiger partial charge >= 0.3 is 6.18 Å². The standard InChI is InChI=1S/C12H17F3N2/c13-12(14,15)8-17(10-5-6-10)11-4-2-1-3-9(11)7-16/h9-11H,1-6,8H2. The maximum absolute atomic E-state index is 12.6. The summed E-state index contributed by atoms with van der Waals surface area (Å²) < 4.78 is 37.7. The third-order valence-corrected chi connectivity index (χ3v) is 3.70. The Labute approximate surface area is 99.4 Å². The first kappa shape index (κ1) is 12.7. The van der Waals surface area contributed by atoms with Gasteiger partial charge in [0.15, 0.2) is 0 Å². The van der Waals surface area contributed by atoms with E-state index in [0.29, 0.717) is 0 Å². The lowest BCUT2D eigenvalue weighted by atomic mass is 9.84. The van der Waals surface area contributed by atoms with Gasteiger partial charge in [-0.05, 0) is 25.7 Å². The van der Waals surface area contributed by atoms with Crippen LogP contribution in [0.4, 0.5) is 13.2 Å². The van der Waals surface area contributed by atoms with E-state index in [2.05, 4.69) is 6.07 Å². The molecule has 0 radical (unpaired) electrons. The van der Waals surface area contributed by atoms with Gasteiger partial charge in [-0.3, -0.25) is 4.90 Å². The second-order valence-corrected chi connectivity index (χ2v) is 5.11. The Morgan fingerprint density at radius 1 is 1.12 bits per heavy atom. The molecule has 2 rings (SSSR count). The average molecular weight is 246 g/mol.